The minimum atomic E-state index is 0.839. The fourth-order valence-electron chi connectivity index (χ4n) is 11.7. The third kappa shape index (κ3) is 6.42. The summed E-state index contributed by atoms with van der Waals surface area (Å²) in [7, 11) is 0. The lowest BCUT2D eigenvalue weighted by Gasteiger charge is -2.26. The second-order valence-electron chi connectivity index (χ2n) is 18.9. The van der Waals surface area contributed by atoms with E-state index in [4.69, 9.17) is 4.42 Å². The molecule has 0 bridgehead atoms. The third-order valence-corrected chi connectivity index (χ3v) is 14.8. The summed E-state index contributed by atoms with van der Waals surface area (Å²) >= 11 is 0. The molecule has 0 aliphatic heterocycles. The van der Waals surface area contributed by atoms with Gasteiger partial charge in [0.25, 0.3) is 0 Å². The van der Waals surface area contributed by atoms with Crippen LogP contribution in [0.15, 0.2) is 271 Å². The zero-order valence-electron chi connectivity index (χ0n) is 39.6. The largest absolute Gasteiger partial charge is 0.455 e. The van der Waals surface area contributed by atoms with Crippen LogP contribution in [0, 0.1) is 0 Å². The van der Waals surface area contributed by atoms with Crippen molar-refractivity contribution in [2.24, 2.45) is 0 Å². The Balaban J connectivity index is 0.896. The first kappa shape index (κ1) is 41.0. The first-order chi connectivity index (χ1) is 36.2. The van der Waals surface area contributed by atoms with E-state index < -0.39 is 0 Å². The molecular weight excluding hydrogens is 889 g/mol. The zero-order valence-corrected chi connectivity index (χ0v) is 39.6. The molecule has 0 saturated carbocycles. The summed E-state index contributed by atoms with van der Waals surface area (Å²) < 4.78 is 11.9. The van der Waals surface area contributed by atoms with Crippen LogP contribution < -0.4 is 9.80 Å². The number of nitrogens with zero attached hydrogens (tertiary/aromatic N) is 4. The predicted molar refractivity (Wildman–Crippen MR) is 307 cm³/mol. The van der Waals surface area contributed by atoms with Gasteiger partial charge in [-0.2, -0.15) is 0 Å². The minimum absolute atomic E-state index is 0.839. The van der Waals surface area contributed by atoms with Gasteiger partial charge in [0.1, 0.15) is 11.2 Å². The molecule has 0 aliphatic rings. The van der Waals surface area contributed by atoms with Crippen LogP contribution in [0.3, 0.4) is 0 Å². The molecule has 15 aromatic rings. The second-order valence-corrected chi connectivity index (χ2v) is 18.9. The Labute approximate surface area is 420 Å². The Morgan fingerprint density at radius 3 is 1.15 bits per heavy atom. The lowest BCUT2D eigenvalue weighted by Crippen LogP contribution is -2.09. The van der Waals surface area contributed by atoms with Crippen molar-refractivity contribution in [3.8, 4) is 11.4 Å². The third-order valence-electron chi connectivity index (χ3n) is 14.8. The highest BCUT2D eigenvalue weighted by Gasteiger charge is 2.23. The molecule has 5 heteroatoms. The maximum absolute atomic E-state index is 7.17. The second kappa shape index (κ2) is 16.4. The van der Waals surface area contributed by atoms with E-state index in [1.54, 1.807) is 0 Å². The number of rotatable bonds is 8. The number of hydrogen-bond donors (Lipinski definition) is 0. The molecule has 73 heavy (non-hydrogen) atoms. The fraction of sp³-hybridized carbons (Fsp3) is 0. The van der Waals surface area contributed by atoms with Gasteiger partial charge in [-0.1, -0.05) is 133 Å². The predicted octanol–water partition coefficient (Wildman–Crippen LogP) is 19.0. The van der Waals surface area contributed by atoms with Gasteiger partial charge in [0.2, 0.25) is 0 Å². The van der Waals surface area contributed by atoms with Gasteiger partial charge < -0.3 is 23.4 Å². The monoisotopic (exact) mass is 932 g/mol. The highest BCUT2D eigenvalue weighted by atomic mass is 16.3. The van der Waals surface area contributed by atoms with Crippen LogP contribution in [-0.4, -0.2) is 9.13 Å². The van der Waals surface area contributed by atoms with Gasteiger partial charge >= 0.3 is 0 Å². The molecule has 0 aliphatic carbocycles. The van der Waals surface area contributed by atoms with E-state index in [0.29, 0.717) is 0 Å². The molecule has 0 radical (unpaired) electrons. The summed E-state index contributed by atoms with van der Waals surface area (Å²) in [6.07, 6.45) is 0. The van der Waals surface area contributed by atoms with Crippen LogP contribution in [0.25, 0.3) is 98.5 Å². The van der Waals surface area contributed by atoms with Crippen LogP contribution in [0.4, 0.5) is 34.1 Å². The maximum Gasteiger partial charge on any atom is 0.143 e. The van der Waals surface area contributed by atoms with Gasteiger partial charge in [-0.15, -0.1) is 0 Å². The Kier molecular flexibility index (Phi) is 9.19. The van der Waals surface area contributed by atoms with Crippen LogP contribution in [0.1, 0.15) is 0 Å². The zero-order chi connectivity index (χ0) is 48.0. The number of furan rings is 1. The van der Waals surface area contributed by atoms with E-state index in [9.17, 15) is 0 Å². The molecule has 5 nitrogen and oxygen atoms in total. The molecule has 0 amide bonds. The summed E-state index contributed by atoms with van der Waals surface area (Å²) in [6.45, 7) is 0. The van der Waals surface area contributed by atoms with Gasteiger partial charge in [-0.25, -0.2) is 0 Å². The van der Waals surface area contributed by atoms with Crippen molar-refractivity contribution in [1.82, 2.24) is 9.13 Å². The van der Waals surface area contributed by atoms with Crippen LogP contribution in [-0.2, 0) is 0 Å². The maximum atomic E-state index is 7.17. The first-order valence-electron chi connectivity index (χ1n) is 24.9. The smallest absolute Gasteiger partial charge is 0.143 e. The SMILES string of the molecule is c1ccc(N(c2ccc3c(c2)oc2c4ccc(N(c5ccccc5)c5ccc6c(c5)c5ccccc5n6-c5ccccc5)cc4c4ccccc4c32)c2ccc3c(c2)c2ccccc2n3-c2ccccc2)cc1. The molecule has 3 heterocycles. The molecular formula is C68H44N4O. The lowest BCUT2D eigenvalue weighted by atomic mass is 9.96. The van der Waals surface area contributed by atoms with E-state index in [1.165, 1.54) is 49.0 Å². The van der Waals surface area contributed by atoms with Gasteiger partial charge in [0.05, 0.1) is 22.1 Å². The van der Waals surface area contributed by atoms with Gasteiger partial charge in [-0.3, -0.25) is 0 Å². The van der Waals surface area contributed by atoms with Gasteiger partial charge in [-0.05, 0) is 144 Å². The molecule has 0 fully saturated rings. The highest BCUT2D eigenvalue weighted by molar-refractivity contribution is 6.30. The van der Waals surface area contributed by atoms with E-state index in [2.05, 4.69) is 286 Å². The average molecular weight is 933 g/mol. The Morgan fingerprint density at radius 1 is 0.247 bits per heavy atom. The molecule has 15 rings (SSSR count). The molecule has 0 spiro atoms. The summed E-state index contributed by atoms with van der Waals surface area (Å²) in [4.78, 5) is 4.73. The van der Waals surface area contributed by atoms with Crippen molar-refractivity contribution in [3.63, 3.8) is 0 Å². The fourth-order valence-corrected chi connectivity index (χ4v) is 11.7. The van der Waals surface area contributed by atoms with Crippen LogP contribution >= 0.6 is 0 Å². The molecule has 3 aromatic heterocycles. The van der Waals surface area contributed by atoms with Crippen molar-refractivity contribution in [1.29, 1.82) is 0 Å². The summed E-state index contributed by atoms with van der Waals surface area (Å²) in [5.41, 5.74) is 15.1. The molecule has 0 N–H and O–H groups in total. The lowest BCUT2D eigenvalue weighted by molar-refractivity contribution is 0.673. The van der Waals surface area contributed by atoms with Crippen LogP contribution in [0.2, 0.25) is 0 Å². The van der Waals surface area contributed by atoms with E-state index in [0.717, 1.165) is 83.6 Å². The van der Waals surface area contributed by atoms with Gasteiger partial charge in [0, 0.05) is 89.3 Å². The number of anilines is 6. The normalized spacial score (nSPS) is 11.8. The number of para-hydroxylation sites is 6. The molecule has 0 unspecified atom stereocenters. The standard InChI is InChI=1S/C68H44N4O/c1-5-19-45(20-6-1)69(50-35-39-64-60(42-50)54-28-15-17-31-62(54)71(64)47-23-9-3-10-24-47)49-33-37-57-59(41-49)53-27-13-14-30-56(53)67-58-38-34-52(44-66(58)73-68(57)67)70(46-21-7-2-8-22-46)51-36-40-65-61(43-51)55-29-16-18-32-63(55)72(65)48-25-11-4-12-26-48/h1-44H. The van der Waals surface area contributed by atoms with E-state index >= 15 is 0 Å². The Bertz CT molecular complexity index is 4610. The first-order valence-corrected chi connectivity index (χ1v) is 24.9. The highest BCUT2D eigenvalue weighted by Crippen LogP contribution is 2.47. The molecule has 342 valence electrons. The molecule has 12 aromatic carbocycles. The van der Waals surface area contributed by atoms with Crippen molar-refractivity contribution in [3.05, 3.63) is 267 Å². The quantitative estimate of drug-likeness (QED) is 0.142. The van der Waals surface area contributed by atoms with E-state index in [-0.39, 0.29) is 0 Å². The van der Waals surface area contributed by atoms with Crippen LogP contribution in [0.5, 0.6) is 0 Å². The topological polar surface area (TPSA) is 29.5 Å². The average Bonchev–Trinajstić information content (AvgIpc) is 4.12. The minimum Gasteiger partial charge on any atom is -0.455 e. The van der Waals surface area contributed by atoms with Gasteiger partial charge in [0.15, 0.2) is 0 Å². The van der Waals surface area contributed by atoms with Crippen molar-refractivity contribution >= 4 is 121 Å². The molecule has 0 atom stereocenters. The van der Waals surface area contributed by atoms with E-state index in [1.807, 2.05) is 0 Å². The molecule has 0 saturated heterocycles. The summed E-state index contributed by atoms with van der Waals surface area (Å²) in [5, 5.41) is 11.6. The summed E-state index contributed by atoms with van der Waals surface area (Å²) in [6, 6.07) is 96.2. The summed E-state index contributed by atoms with van der Waals surface area (Å²) in [5.74, 6) is 0. The Morgan fingerprint density at radius 2 is 0.630 bits per heavy atom. The number of benzene rings is 12. The number of fused-ring (bicyclic) bond motifs is 14. The number of hydrogen-bond acceptors (Lipinski definition) is 3. The van der Waals surface area contributed by atoms with Crippen molar-refractivity contribution in [2.75, 3.05) is 9.80 Å². The van der Waals surface area contributed by atoms with Crippen molar-refractivity contribution in [2.45, 2.75) is 0 Å². The Hall–Kier alpha value is -9.84. The number of aromatic nitrogens is 2. The van der Waals surface area contributed by atoms with Crippen molar-refractivity contribution < 1.29 is 4.42 Å².